The summed E-state index contributed by atoms with van der Waals surface area (Å²) in [6.45, 7) is 8.84. The highest BCUT2D eigenvalue weighted by molar-refractivity contribution is 6.46. The molecule has 0 bridgehead atoms. The van der Waals surface area contributed by atoms with Crippen LogP contribution < -0.4 is 9.47 Å². The van der Waals surface area contributed by atoms with Gasteiger partial charge in [0.05, 0.1) is 23.9 Å². The van der Waals surface area contributed by atoms with Crippen LogP contribution in [0.5, 0.6) is 11.5 Å². The first-order valence-electron chi connectivity index (χ1n) is 12.2. The number of rotatable bonds is 10. The maximum absolute atomic E-state index is 13.4. The lowest BCUT2D eigenvalue weighted by Gasteiger charge is -2.27. The summed E-state index contributed by atoms with van der Waals surface area (Å²) >= 11 is 0. The highest BCUT2D eigenvalue weighted by Gasteiger charge is 2.46. The van der Waals surface area contributed by atoms with Crippen molar-refractivity contribution in [1.82, 2.24) is 19.2 Å². The zero-order chi connectivity index (χ0) is 26.7. The summed E-state index contributed by atoms with van der Waals surface area (Å²) in [7, 11) is 3.79. The van der Waals surface area contributed by atoms with Crippen molar-refractivity contribution in [2.75, 3.05) is 40.4 Å². The van der Waals surface area contributed by atoms with E-state index in [9.17, 15) is 14.7 Å². The molecule has 3 heterocycles. The number of aryl methyl sites for hydroxylation is 1. The van der Waals surface area contributed by atoms with Crippen molar-refractivity contribution in [1.29, 1.82) is 0 Å². The van der Waals surface area contributed by atoms with E-state index in [1.54, 1.807) is 41.8 Å². The van der Waals surface area contributed by atoms with Crippen LogP contribution in [0.4, 0.5) is 0 Å². The summed E-state index contributed by atoms with van der Waals surface area (Å²) in [5.74, 6) is -0.669. The molecule has 37 heavy (non-hydrogen) atoms. The molecule has 1 aliphatic rings. The minimum absolute atomic E-state index is 0.0136. The molecule has 0 radical (unpaired) electrons. The fraction of sp³-hybridized carbons (Fsp3) is 0.321. The van der Waals surface area contributed by atoms with Crippen molar-refractivity contribution in [3.05, 3.63) is 77.8 Å². The number of pyridine rings is 1. The van der Waals surface area contributed by atoms with Crippen LogP contribution in [-0.2, 0) is 9.59 Å². The van der Waals surface area contributed by atoms with Crippen LogP contribution in [0.15, 0.2) is 60.8 Å². The number of amides is 1. The standard InChI is InChI=1S/C28H32N4O5/c1-6-16-37-20-12-11-19(17-21(20)36-7-2)25-23(27(34)28(35)32(25)15-14-30(4)5)26(33)24-18(3)29-22-10-8-9-13-31(22)24/h6,8-13,17,25,33H,1,7,14-16H2,2-5H3/b26-23+. The normalized spacial score (nSPS) is 17.1. The molecular weight excluding hydrogens is 472 g/mol. The number of Topliss-reactive ketones (excluding diaryl/α,β-unsaturated/α-hetero) is 1. The van der Waals surface area contributed by atoms with Crippen molar-refractivity contribution in [2.24, 2.45) is 0 Å². The highest BCUT2D eigenvalue weighted by Crippen LogP contribution is 2.42. The van der Waals surface area contributed by atoms with Crippen molar-refractivity contribution < 1.29 is 24.2 Å². The molecule has 3 aromatic rings. The molecule has 4 rings (SSSR count). The van der Waals surface area contributed by atoms with Gasteiger partial charge in [-0.3, -0.25) is 14.0 Å². The number of imidazole rings is 1. The van der Waals surface area contributed by atoms with E-state index in [0.717, 1.165) is 0 Å². The largest absolute Gasteiger partial charge is 0.505 e. The van der Waals surface area contributed by atoms with Gasteiger partial charge in [-0.25, -0.2) is 4.98 Å². The van der Waals surface area contributed by atoms with E-state index in [1.807, 2.05) is 44.1 Å². The number of likely N-dealkylation sites (tertiary alicyclic amines) is 1. The van der Waals surface area contributed by atoms with Crippen molar-refractivity contribution in [2.45, 2.75) is 19.9 Å². The Balaban J connectivity index is 1.91. The number of ketones is 1. The SMILES string of the molecule is C=CCOc1ccc(C2/C(=C(\O)c3c(C)nc4ccccn34)C(=O)C(=O)N2CCN(C)C)cc1OCC. The Hall–Kier alpha value is -4.11. The zero-order valence-corrected chi connectivity index (χ0v) is 21.6. The average Bonchev–Trinajstić information content (AvgIpc) is 3.34. The predicted molar refractivity (Wildman–Crippen MR) is 141 cm³/mol. The Kier molecular flexibility index (Phi) is 7.63. The van der Waals surface area contributed by atoms with Crippen LogP contribution >= 0.6 is 0 Å². The van der Waals surface area contributed by atoms with Gasteiger partial charge in [0, 0.05) is 19.3 Å². The number of hydrogen-bond acceptors (Lipinski definition) is 7. The molecule has 1 aliphatic heterocycles. The maximum Gasteiger partial charge on any atom is 0.295 e. The number of aliphatic hydroxyl groups excluding tert-OH is 1. The smallest absolute Gasteiger partial charge is 0.295 e. The number of ether oxygens (including phenoxy) is 2. The maximum atomic E-state index is 13.4. The molecule has 1 amide bonds. The third-order valence-electron chi connectivity index (χ3n) is 6.20. The molecule has 2 aromatic heterocycles. The van der Waals surface area contributed by atoms with Gasteiger partial charge in [-0.05, 0) is 57.8 Å². The van der Waals surface area contributed by atoms with Gasteiger partial charge in [0.15, 0.2) is 17.3 Å². The third-order valence-corrected chi connectivity index (χ3v) is 6.20. The number of likely N-dealkylation sites (N-methyl/N-ethyl adjacent to an activating group) is 1. The van der Waals surface area contributed by atoms with E-state index in [-0.39, 0.29) is 11.3 Å². The van der Waals surface area contributed by atoms with E-state index in [1.165, 1.54) is 4.90 Å². The molecule has 9 nitrogen and oxygen atoms in total. The molecule has 1 saturated heterocycles. The van der Waals surface area contributed by atoms with E-state index >= 15 is 0 Å². The van der Waals surface area contributed by atoms with Crippen LogP contribution in [0.3, 0.4) is 0 Å². The number of carbonyl (C=O) groups excluding carboxylic acids is 2. The fourth-order valence-corrected chi connectivity index (χ4v) is 4.52. The van der Waals surface area contributed by atoms with E-state index in [4.69, 9.17) is 9.47 Å². The zero-order valence-electron chi connectivity index (χ0n) is 21.6. The topological polar surface area (TPSA) is 96.6 Å². The summed E-state index contributed by atoms with van der Waals surface area (Å²) in [4.78, 5) is 34.7. The van der Waals surface area contributed by atoms with Crippen LogP contribution in [-0.4, -0.2) is 76.4 Å². The first-order chi connectivity index (χ1) is 17.8. The van der Waals surface area contributed by atoms with Crippen molar-refractivity contribution in [3.8, 4) is 11.5 Å². The lowest BCUT2D eigenvalue weighted by molar-refractivity contribution is -0.140. The number of carbonyl (C=O) groups is 2. The fourth-order valence-electron chi connectivity index (χ4n) is 4.52. The van der Waals surface area contributed by atoms with Gasteiger partial charge in [0.1, 0.15) is 17.9 Å². The number of fused-ring (bicyclic) bond motifs is 1. The summed E-state index contributed by atoms with van der Waals surface area (Å²) in [5.41, 5.74) is 2.19. The second kappa shape index (κ2) is 10.9. The molecule has 0 spiro atoms. The van der Waals surface area contributed by atoms with Crippen LogP contribution in [0, 0.1) is 6.92 Å². The molecule has 1 N–H and O–H groups in total. The van der Waals surface area contributed by atoms with Crippen LogP contribution in [0.1, 0.15) is 29.9 Å². The third kappa shape index (κ3) is 4.95. The van der Waals surface area contributed by atoms with Crippen molar-refractivity contribution >= 4 is 23.1 Å². The Bertz CT molecular complexity index is 1370. The molecule has 9 heteroatoms. The monoisotopic (exact) mass is 504 g/mol. The van der Waals surface area contributed by atoms with Gasteiger partial charge >= 0.3 is 0 Å². The molecule has 1 unspecified atom stereocenters. The number of aromatic nitrogens is 2. The van der Waals surface area contributed by atoms with Gasteiger partial charge in [0.25, 0.3) is 11.7 Å². The first kappa shape index (κ1) is 26.0. The lowest BCUT2D eigenvalue weighted by Crippen LogP contribution is -2.35. The molecule has 194 valence electrons. The van der Waals surface area contributed by atoms with E-state index in [2.05, 4.69) is 11.6 Å². The second-order valence-corrected chi connectivity index (χ2v) is 9.01. The van der Waals surface area contributed by atoms with Gasteiger partial charge in [0.2, 0.25) is 0 Å². The van der Waals surface area contributed by atoms with Crippen LogP contribution in [0.25, 0.3) is 11.4 Å². The molecule has 0 saturated carbocycles. The Morgan fingerprint density at radius 3 is 2.68 bits per heavy atom. The molecule has 1 aromatic carbocycles. The summed E-state index contributed by atoms with van der Waals surface area (Å²) < 4.78 is 13.3. The average molecular weight is 505 g/mol. The van der Waals surface area contributed by atoms with E-state index in [0.29, 0.717) is 60.4 Å². The minimum atomic E-state index is -0.818. The number of benzene rings is 1. The van der Waals surface area contributed by atoms with Crippen molar-refractivity contribution in [3.63, 3.8) is 0 Å². The minimum Gasteiger partial charge on any atom is -0.505 e. The molecule has 1 fully saturated rings. The summed E-state index contributed by atoms with van der Waals surface area (Å²) in [6.07, 6.45) is 3.40. The second-order valence-electron chi connectivity index (χ2n) is 9.01. The molecule has 1 atom stereocenters. The number of nitrogens with zero attached hydrogens (tertiary/aromatic N) is 4. The predicted octanol–water partition coefficient (Wildman–Crippen LogP) is 3.59. The molecular formula is C28H32N4O5. The Labute approximate surface area is 216 Å². The first-order valence-corrected chi connectivity index (χ1v) is 12.2. The van der Waals surface area contributed by atoms with Gasteiger partial charge in [-0.15, -0.1) is 0 Å². The van der Waals surface area contributed by atoms with Gasteiger partial charge < -0.3 is 24.4 Å². The number of hydrogen-bond donors (Lipinski definition) is 1. The lowest BCUT2D eigenvalue weighted by atomic mass is 9.96. The molecule has 0 aliphatic carbocycles. The van der Waals surface area contributed by atoms with Crippen LogP contribution in [0.2, 0.25) is 0 Å². The Morgan fingerprint density at radius 2 is 1.97 bits per heavy atom. The van der Waals surface area contributed by atoms with E-state index < -0.39 is 17.7 Å². The van der Waals surface area contributed by atoms with Gasteiger partial charge in [-0.1, -0.05) is 24.8 Å². The summed E-state index contributed by atoms with van der Waals surface area (Å²) in [5, 5.41) is 11.6. The number of aliphatic hydroxyl groups is 1. The quantitative estimate of drug-likeness (QED) is 0.195. The van der Waals surface area contributed by atoms with Gasteiger partial charge in [-0.2, -0.15) is 0 Å². The Morgan fingerprint density at radius 1 is 1.19 bits per heavy atom. The highest BCUT2D eigenvalue weighted by atomic mass is 16.5. The summed E-state index contributed by atoms with van der Waals surface area (Å²) in [6, 6.07) is 9.94.